The van der Waals surface area contributed by atoms with Gasteiger partial charge in [0.15, 0.2) is 5.78 Å². The van der Waals surface area contributed by atoms with Gasteiger partial charge in [0, 0.05) is 41.2 Å². The molecule has 4 nitrogen and oxygen atoms in total. The highest BCUT2D eigenvalue weighted by Gasteiger charge is 2.34. The number of fused-ring (bicyclic) bond motifs is 3. The van der Waals surface area contributed by atoms with E-state index in [2.05, 4.69) is 32.7 Å². The number of H-pyrrole nitrogens is 1. The van der Waals surface area contributed by atoms with Crippen LogP contribution in [0.15, 0.2) is 24.5 Å². The average Bonchev–Trinajstić information content (AvgIpc) is 3.15. The number of nitrogens with one attached hydrogen (secondary N) is 1. The highest BCUT2D eigenvalue weighted by molar-refractivity contribution is 6.12. The van der Waals surface area contributed by atoms with Crippen molar-refractivity contribution < 1.29 is 4.79 Å². The Morgan fingerprint density at radius 2 is 2.25 bits per heavy atom. The Bertz CT molecular complexity index is 963. The van der Waals surface area contributed by atoms with E-state index in [1.165, 1.54) is 28.6 Å². The van der Waals surface area contributed by atoms with Crippen molar-refractivity contribution in [3.8, 4) is 0 Å². The number of carbonyl (C=O) groups excluding carboxylic acids is 1. The van der Waals surface area contributed by atoms with Crippen molar-refractivity contribution in [2.45, 2.75) is 45.6 Å². The number of aromatic amines is 1. The minimum Gasteiger partial charge on any atom is -0.348 e. The van der Waals surface area contributed by atoms with Gasteiger partial charge >= 0.3 is 0 Å². The van der Waals surface area contributed by atoms with Crippen LogP contribution in [0.3, 0.4) is 0 Å². The number of ketones is 1. The molecule has 0 saturated heterocycles. The molecule has 2 aliphatic rings. The van der Waals surface area contributed by atoms with Crippen LogP contribution in [-0.2, 0) is 25.8 Å². The Kier molecular flexibility index (Phi) is 2.96. The second-order valence-electron chi connectivity index (χ2n) is 7.17. The molecule has 5 rings (SSSR count). The normalized spacial score (nSPS) is 19.7. The number of Topliss-reactive ketones (excluding diaryl/α,β-unsaturated/α-hetero) is 1. The maximum absolute atomic E-state index is 13.3. The van der Waals surface area contributed by atoms with Gasteiger partial charge in [-0.15, -0.1) is 0 Å². The summed E-state index contributed by atoms with van der Waals surface area (Å²) in [5.41, 5.74) is 7.11. The fraction of sp³-hybridized carbons (Fsp3) is 0.400. The van der Waals surface area contributed by atoms with E-state index in [0.29, 0.717) is 5.78 Å². The lowest BCUT2D eigenvalue weighted by Gasteiger charge is -2.23. The molecular weight excluding hydrogens is 298 g/mol. The van der Waals surface area contributed by atoms with Crippen LogP contribution < -0.4 is 0 Å². The molecule has 1 aliphatic heterocycles. The number of rotatable bonds is 2. The Morgan fingerprint density at radius 3 is 3.08 bits per heavy atom. The molecule has 1 N–H and O–H groups in total. The van der Waals surface area contributed by atoms with E-state index in [1.807, 2.05) is 6.92 Å². The van der Waals surface area contributed by atoms with E-state index in [9.17, 15) is 4.79 Å². The molecule has 0 radical (unpaired) electrons. The predicted octanol–water partition coefficient (Wildman–Crippen LogP) is 3.61. The van der Waals surface area contributed by atoms with Crippen molar-refractivity contribution in [3.63, 3.8) is 0 Å². The van der Waals surface area contributed by atoms with Gasteiger partial charge in [-0.25, -0.2) is 4.98 Å². The predicted molar refractivity (Wildman–Crippen MR) is 93.4 cm³/mol. The first kappa shape index (κ1) is 14.0. The second kappa shape index (κ2) is 5.07. The maximum Gasteiger partial charge on any atom is 0.168 e. The molecule has 0 bridgehead atoms. The van der Waals surface area contributed by atoms with Crippen LogP contribution in [0.5, 0.6) is 0 Å². The Morgan fingerprint density at radius 1 is 1.33 bits per heavy atom. The van der Waals surface area contributed by atoms with E-state index < -0.39 is 0 Å². The monoisotopic (exact) mass is 319 g/mol. The molecule has 1 unspecified atom stereocenters. The fourth-order valence-corrected chi connectivity index (χ4v) is 4.62. The zero-order valence-electron chi connectivity index (χ0n) is 13.9. The van der Waals surface area contributed by atoms with Gasteiger partial charge in [-0.3, -0.25) is 4.79 Å². The fourth-order valence-electron chi connectivity index (χ4n) is 4.62. The van der Waals surface area contributed by atoms with Gasteiger partial charge in [-0.1, -0.05) is 18.2 Å². The van der Waals surface area contributed by atoms with Gasteiger partial charge in [-0.05, 0) is 38.2 Å². The number of benzene rings is 1. The Hall–Kier alpha value is -2.36. The van der Waals surface area contributed by atoms with E-state index in [-0.39, 0.29) is 5.92 Å². The molecule has 1 atom stereocenters. The third-order valence-corrected chi connectivity index (χ3v) is 5.82. The lowest BCUT2D eigenvalue weighted by Crippen LogP contribution is -2.25. The standard InChI is InChI=1S/C20H21N3O/c1-12-16(22-11-21-12)10-14-7-8-17-18(20(14)24)15-6-2-4-13-5-3-9-23(17)19(13)15/h2,4,6,11,14H,3,5,7-10H2,1H3,(H,21,22). The van der Waals surface area contributed by atoms with E-state index in [0.717, 1.165) is 49.2 Å². The third kappa shape index (κ3) is 1.86. The summed E-state index contributed by atoms with van der Waals surface area (Å²) in [5.74, 6) is 0.379. The molecule has 2 aromatic heterocycles. The molecule has 0 spiro atoms. The molecule has 4 heteroatoms. The second-order valence-corrected chi connectivity index (χ2v) is 7.17. The SMILES string of the molecule is Cc1[nH]cnc1CC1CCc2c(c3cccc4c3n2CCC4)C1=O. The van der Waals surface area contributed by atoms with Gasteiger partial charge in [0.25, 0.3) is 0 Å². The lowest BCUT2D eigenvalue weighted by molar-refractivity contribution is 0.0901. The smallest absolute Gasteiger partial charge is 0.168 e. The van der Waals surface area contributed by atoms with Gasteiger partial charge in [0.05, 0.1) is 17.5 Å². The highest BCUT2D eigenvalue weighted by atomic mass is 16.1. The molecular formula is C20H21N3O. The average molecular weight is 319 g/mol. The lowest BCUT2D eigenvalue weighted by atomic mass is 9.82. The molecule has 0 fully saturated rings. The molecule has 1 aromatic carbocycles. The number of carbonyl (C=O) groups is 1. The Balaban J connectivity index is 1.62. The summed E-state index contributed by atoms with van der Waals surface area (Å²) in [5, 5.41) is 1.18. The van der Waals surface area contributed by atoms with E-state index in [4.69, 9.17) is 0 Å². The number of aryl methyl sites for hydroxylation is 3. The zero-order valence-corrected chi connectivity index (χ0v) is 13.9. The number of hydrogen-bond acceptors (Lipinski definition) is 2. The van der Waals surface area contributed by atoms with Gasteiger partial charge in [0.2, 0.25) is 0 Å². The maximum atomic E-state index is 13.3. The number of nitrogens with zero attached hydrogens (tertiary/aromatic N) is 2. The van der Waals surface area contributed by atoms with Crippen molar-refractivity contribution in [3.05, 3.63) is 52.7 Å². The van der Waals surface area contributed by atoms with Crippen LogP contribution in [0.4, 0.5) is 0 Å². The van der Waals surface area contributed by atoms with E-state index in [1.54, 1.807) is 6.33 Å². The topological polar surface area (TPSA) is 50.7 Å². The highest BCUT2D eigenvalue weighted by Crippen LogP contribution is 2.38. The summed E-state index contributed by atoms with van der Waals surface area (Å²) in [6.07, 6.45) is 6.72. The first-order valence-corrected chi connectivity index (χ1v) is 8.90. The zero-order chi connectivity index (χ0) is 16.3. The minimum absolute atomic E-state index is 0.0583. The van der Waals surface area contributed by atoms with E-state index >= 15 is 0 Å². The van der Waals surface area contributed by atoms with Crippen molar-refractivity contribution in [2.75, 3.05) is 0 Å². The number of hydrogen-bond donors (Lipinski definition) is 1. The van der Waals surface area contributed by atoms with Gasteiger partial charge in [0.1, 0.15) is 0 Å². The van der Waals surface area contributed by atoms with Crippen LogP contribution in [0.2, 0.25) is 0 Å². The van der Waals surface area contributed by atoms with Crippen LogP contribution >= 0.6 is 0 Å². The first-order chi connectivity index (χ1) is 11.7. The molecule has 3 heterocycles. The van der Waals surface area contributed by atoms with Crippen molar-refractivity contribution in [2.24, 2.45) is 5.92 Å². The summed E-state index contributed by atoms with van der Waals surface area (Å²) in [7, 11) is 0. The molecule has 3 aromatic rings. The summed E-state index contributed by atoms with van der Waals surface area (Å²) >= 11 is 0. The summed E-state index contributed by atoms with van der Waals surface area (Å²) in [6, 6.07) is 6.47. The molecule has 0 amide bonds. The third-order valence-electron chi connectivity index (χ3n) is 5.82. The van der Waals surface area contributed by atoms with Gasteiger partial charge in [-0.2, -0.15) is 0 Å². The van der Waals surface area contributed by atoms with Crippen LogP contribution in [0.25, 0.3) is 10.9 Å². The number of imidazole rings is 1. The largest absolute Gasteiger partial charge is 0.348 e. The summed E-state index contributed by atoms with van der Waals surface area (Å²) in [4.78, 5) is 20.8. The van der Waals surface area contributed by atoms with Crippen molar-refractivity contribution in [1.29, 1.82) is 0 Å². The molecule has 24 heavy (non-hydrogen) atoms. The molecule has 1 aliphatic carbocycles. The van der Waals surface area contributed by atoms with Crippen molar-refractivity contribution >= 4 is 16.7 Å². The number of aromatic nitrogens is 3. The summed E-state index contributed by atoms with van der Waals surface area (Å²) in [6.45, 7) is 3.08. The first-order valence-electron chi connectivity index (χ1n) is 8.90. The Labute approximate surface area is 140 Å². The van der Waals surface area contributed by atoms with Crippen LogP contribution in [-0.4, -0.2) is 20.3 Å². The van der Waals surface area contributed by atoms with Crippen LogP contribution in [0.1, 0.15) is 45.8 Å². The summed E-state index contributed by atoms with van der Waals surface area (Å²) < 4.78 is 2.43. The molecule has 0 saturated carbocycles. The van der Waals surface area contributed by atoms with Gasteiger partial charge < -0.3 is 9.55 Å². The number of para-hydroxylation sites is 1. The molecule has 122 valence electrons. The van der Waals surface area contributed by atoms with Crippen molar-refractivity contribution in [1.82, 2.24) is 14.5 Å². The van der Waals surface area contributed by atoms with Crippen LogP contribution in [0, 0.1) is 12.8 Å². The minimum atomic E-state index is 0.0583. The quantitative estimate of drug-likeness (QED) is 0.784.